The van der Waals surface area contributed by atoms with Crippen LogP contribution in [0, 0.1) is 28.9 Å². The number of carbonyl (C=O) groups excluding carboxylic acids is 4. The van der Waals surface area contributed by atoms with Gasteiger partial charge in [-0.3, -0.25) is 34.2 Å². The molecule has 1 aliphatic carbocycles. The molecule has 0 unspecified atom stereocenters. The zero-order chi connectivity index (χ0) is 21.1. The highest BCUT2D eigenvalue weighted by Gasteiger charge is 2.47. The Morgan fingerprint density at radius 2 is 1.83 bits per heavy atom. The van der Waals surface area contributed by atoms with Gasteiger partial charge in [0.2, 0.25) is 11.8 Å². The molecule has 2 atom stereocenters. The third-order valence-corrected chi connectivity index (χ3v) is 4.96. The number of likely N-dealkylation sites (tertiary alicyclic amines) is 1. The van der Waals surface area contributed by atoms with Crippen molar-refractivity contribution in [2.75, 3.05) is 18.5 Å². The summed E-state index contributed by atoms with van der Waals surface area (Å²) in [5, 5.41) is 13.4. The maximum Gasteiger partial charge on any atom is 0.326 e. The summed E-state index contributed by atoms with van der Waals surface area (Å²) in [4.78, 5) is 60.0. The van der Waals surface area contributed by atoms with Gasteiger partial charge >= 0.3 is 5.97 Å². The van der Waals surface area contributed by atoms with Gasteiger partial charge in [0.25, 0.3) is 11.6 Å². The number of allylic oxidation sites excluding steroid dienone is 2. The van der Waals surface area contributed by atoms with Crippen LogP contribution in [0.4, 0.5) is 11.4 Å². The van der Waals surface area contributed by atoms with Crippen LogP contribution in [0.15, 0.2) is 30.4 Å². The maximum atomic E-state index is 12.3. The monoisotopic (exact) mass is 401 g/mol. The fourth-order valence-electron chi connectivity index (χ4n) is 3.49. The van der Waals surface area contributed by atoms with Gasteiger partial charge in [0.15, 0.2) is 6.61 Å². The average molecular weight is 401 g/mol. The van der Waals surface area contributed by atoms with Gasteiger partial charge in [-0.25, -0.2) is 0 Å². The van der Waals surface area contributed by atoms with Crippen LogP contribution in [0.2, 0.25) is 0 Å². The van der Waals surface area contributed by atoms with Crippen molar-refractivity contribution >= 4 is 35.1 Å². The van der Waals surface area contributed by atoms with E-state index in [9.17, 15) is 29.3 Å². The van der Waals surface area contributed by atoms with Crippen molar-refractivity contribution in [3.05, 3.63) is 46.0 Å². The number of esters is 1. The lowest BCUT2D eigenvalue weighted by atomic mass is 9.85. The molecule has 2 aliphatic rings. The van der Waals surface area contributed by atoms with E-state index in [0.717, 1.165) is 4.90 Å². The number of hydrogen-bond donors (Lipinski definition) is 1. The van der Waals surface area contributed by atoms with Gasteiger partial charge in [-0.2, -0.15) is 0 Å². The first-order valence-electron chi connectivity index (χ1n) is 8.99. The van der Waals surface area contributed by atoms with E-state index in [1.54, 1.807) is 13.0 Å². The highest BCUT2D eigenvalue weighted by atomic mass is 16.6. The molecule has 1 aliphatic heterocycles. The number of aryl methyl sites for hydroxylation is 1. The summed E-state index contributed by atoms with van der Waals surface area (Å²) in [6.45, 7) is 0.324. The Morgan fingerprint density at radius 3 is 2.41 bits per heavy atom. The third-order valence-electron chi connectivity index (χ3n) is 4.96. The first kappa shape index (κ1) is 20.2. The van der Waals surface area contributed by atoms with E-state index in [1.807, 2.05) is 12.2 Å². The quantitative estimate of drug-likeness (QED) is 0.250. The van der Waals surface area contributed by atoms with Crippen molar-refractivity contribution < 1.29 is 28.8 Å². The third kappa shape index (κ3) is 4.15. The largest absolute Gasteiger partial charge is 0.454 e. The van der Waals surface area contributed by atoms with Crippen LogP contribution >= 0.6 is 0 Å². The molecule has 3 rings (SSSR count). The number of hydrogen-bond acceptors (Lipinski definition) is 7. The number of carbonyl (C=O) groups is 4. The molecule has 1 saturated heterocycles. The standard InChI is InChI=1S/C19H19N3O7/c1-11-5-4-8-14(22(27)28)17(11)20-15(23)10-29-16(24)9-21-18(25)12-6-2-3-7-13(12)19(21)26/h2-5,8,12-13H,6-7,9-10H2,1H3,(H,20,23)/t12-,13-/m1/s1. The summed E-state index contributed by atoms with van der Waals surface area (Å²) >= 11 is 0. The van der Waals surface area contributed by atoms with Crippen molar-refractivity contribution in [3.63, 3.8) is 0 Å². The van der Waals surface area contributed by atoms with Crippen LogP contribution < -0.4 is 5.32 Å². The van der Waals surface area contributed by atoms with Crippen LogP contribution in [0.1, 0.15) is 18.4 Å². The number of nitro benzene ring substituents is 1. The van der Waals surface area contributed by atoms with Gasteiger partial charge in [-0.15, -0.1) is 0 Å². The van der Waals surface area contributed by atoms with Crippen molar-refractivity contribution in [2.24, 2.45) is 11.8 Å². The van der Waals surface area contributed by atoms with E-state index >= 15 is 0 Å². The minimum atomic E-state index is -0.910. The molecule has 0 spiro atoms. The van der Waals surface area contributed by atoms with E-state index in [4.69, 9.17) is 4.74 Å². The van der Waals surface area contributed by atoms with E-state index in [0.29, 0.717) is 18.4 Å². The Labute approximate surface area is 165 Å². The van der Waals surface area contributed by atoms with Crippen molar-refractivity contribution in [2.45, 2.75) is 19.8 Å². The highest BCUT2D eigenvalue weighted by Crippen LogP contribution is 2.34. The van der Waals surface area contributed by atoms with Gasteiger partial charge < -0.3 is 10.1 Å². The number of para-hydroxylation sites is 1. The molecule has 0 radical (unpaired) electrons. The van der Waals surface area contributed by atoms with Crippen LogP contribution in [0.5, 0.6) is 0 Å². The predicted molar refractivity (Wildman–Crippen MR) is 99.5 cm³/mol. The van der Waals surface area contributed by atoms with Gasteiger partial charge in [0.1, 0.15) is 12.2 Å². The van der Waals surface area contributed by atoms with Crippen LogP contribution in [-0.4, -0.2) is 46.7 Å². The second kappa shape index (κ2) is 8.21. The second-order valence-electron chi connectivity index (χ2n) is 6.85. The number of nitro groups is 1. The summed E-state index contributed by atoms with van der Waals surface area (Å²) in [6.07, 6.45) is 4.59. The molecule has 1 aromatic rings. The summed E-state index contributed by atoms with van der Waals surface area (Å²) in [7, 11) is 0. The lowest BCUT2D eigenvalue weighted by Crippen LogP contribution is -2.37. The van der Waals surface area contributed by atoms with Crippen molar-refractivity contribution in [1.29, 1.82) is 0 Å². The molecule has 29 heavy (non-hydrogen) atoms. The lowest BCUT2D eigenvalue weighted by Gasteiger charge is -2.14. The number of benzene rings is 1. The van der Waals surface area contributed by atoms with Crippen molar-refractivity contribution in [3.8, 4) is 0 Å². The topological polar surface area (TPSA) is 136 Å². The van der Waals surface area contributed by atoms with Gasteiger partial charge in [-0.05, 0) is 25.3 Å². The van der Waals surface area contributed by atoms with Gasteiger partial charge in [0.05, 0.1) is 16.8 Å². The maximum absolute atomic E-state index is 12.3. The molecule has 1 aromatic carbocycles. The second-order valence-corrected chi connectivity index (χ2v) is 6.85. The number of imide groups is 1. The number of nitrogens with one attached hydrogen (secondary N) is 1. The number of rotatable bonds is 6. The van der Waals surface area contributed by atoms with E-state index in [2.05, 4.69) is 5.32 Å². The number of fused-ring (bicyclic) bond motifs is 1. The molecule has 0 saturated carbocycles. The number of nitrogens with zero attached hydrogens (tertiary/aromatic N) is 2. The lowest BCUT2D eigenvalue weighted by molar-refractivity contribution is -0.384. The molecule has 1 heterocycles. The smallest absolute Gasteiger partial charge is 0.326 e. The molecule has 152 valence electrons. The van der Waals surface area contributed by atoms with Crippen LogP contribution in [0.3, 0.4) is 0 Å². The molecule has 0 aromatic heterocycles. The number of anilines is 1. The number of amides is 3. The minimum Gasteiger partial charge on any atom is -0.454 e. The molecule has 1 N–H and O–H groups in total. The summed E-state index contributed by atoms with van der Waals surface area (Å²) in [6, 6.07) is 4.32. The summed E-state index contributed by atoms with van der Waals surface area (Å²) in [5.41, 5.74) is 0.206. The molecule has 10 nitrogen and oxygen atoms in total. The fraction of sp³-hybridized carbons (Fsp3) is 0.368. The summed E-state index contributed by atoms with van der Waals surface area (Å²) < 4.78 is 4.85. The molecule has 1 fully saturated rings. The molecular formula is C19H19N3O7. The first-order valence-corrected chi connectivity index (χ1v) is 8.99. The average Bonchev–Trinajstić information content (AvgIpc) is 2.93. The van der Waals surface area contributed by atoms with E-state index in [-0.39, 0.29) is 11.4 Å². The summed E-state index contributed by atoms with van der Waals surface area (Å²) in [5.74, 6) is -3.42. The van der Waals surface area contributed by atoms with Crippen LogP contribution in [-0.2, 0) is 23.9 Å². The Bertz CT molecular complexity index is 898. The zero-order valence-electron chi connectivity index (χ0n) is 15.6. The molecular weight excluding hydrogens is 382 g/mol. The van der Waals surface area contributed by atoms with E-state index < -0.39 is 53.6 Å². The van der Waals surface area contributed by atoms with Gasteiger partial charge in [-0.1, -0.05) is 24.3 Å². The Kier molecular flexibility index (Phi) is 5.71. The van der Waals surface area contributed by atoms with E-state index in [1.165, 1.54) is 12.1 Å². The highest BCUT2D eigenvalue weighted by molar-refractivity contribution is 6.07. The normalized spacial score (nSPS) is 20.4. The number of ether oxygens (including phenoxy) is 1. The SMILES string of the molecule is Cc1cccc([N+](=O)[O-])c1NC(=O)COC(=O)CN1C(=O)[C@@H]2CC=CC[C@H]2C1=O. The molecule has 3 amide bonds. The Hall–Kier alpha value is -3.56. The minimum absolute atomic E-state index is 0.0139. The van der Waals surface area contributed by atoms with Crippen molar-refractivity contribution in [1.82, 2.24) is 4.90 Å². The Balaban J connectivity index is 1.55. The Morgan fingerprint density at radius 1 is 1.21 bits per heavy atom. The van der Waals surface area contributed by atoms with Gasteiger partial charge in [0, 0.05) is 6.07 Å². The predicted octanol–water partition coefficient (Wildman–Crippen LogP) is 1.34. The molecule has 10 heteroatoms. The fourth-order valence-corrected chi connectivity index (χ4v) is 3.49. The first-order chi connectivity index (χ1) is 13.8. The zero-order valence-corrected chi connectivity index (χ0v) is 15.6. The molecule has 0 bridgehead atoms. The van der Waals surface area contributed by atoms with Crippen LogP contribution in [0.25, 0.3) is 0 Å².